The number of allylic oxidation sites excluding steroid dienone is 8. The van der Waals surface area contributed by atoms with Crippen LogP contribution in [0.25, 0.3) is 11.1 Å². The van der Waals surface area contributed by atoms with Crippen LogP contribution in [0, 0.1) is 0 Å². The minimum atomic E-state index is 0.964. The number of rotatable bonds is 9. The van der Waals surface area contributed by atoms with E-state index in [1.54, 1.807) is 0 Å². The maximum atomic E-state index is 4.09. The van der Waals surface area contributed by atoms with Crippen LogP contribution in [0.15, 0.2) is 64.8 Å². The van der Waals surface area contributed by atoms with Crippen LogP contribution in [0.4, 0.5) is 0 Å². The molecule has 0 heterocycles. The van der Waals surface area contributed by atoms with Gasteiger partial charge in [-0.05, 0) is 86.2 Å². The zero-order valence-corrected chi connectivity index (χ0v) is 16.7. The highest BCUT2D eigenvalue weighted by atomic mass is 14.7. The summed E-state index contributed by atoms with van der Waals surface area (Å²) in [5.74, 6) is 0. The van der Waals surface area contributed by atoms with Crippen molar-refractivity contribution in [1.82, 2.24) is 0 Å². The fraction of sp³-hybridized carbons (Fsp3) is 0.400. The fourth-order valence-corrected chi connectivity index (χ4v) is 3.40. The van der Waals surface area contributed by atoms with Crippen molar-refractivity contribution in [3.63, 3.8) is 0 Å². The first-order valence-corrected chi connectivity index (χ1v) is 9.98. The smallest absolute Gasteiger partial charge is 0.0371 e. The molecule has 0 radical (unpaired) electrons. The second-order valence-corrected chi connectivity index (χ2v) is 7.14. The number of benzene rings is 1. The number of unbranched alkanes of at least 4 members (excludes halogenated alkanes) is 4. The van der Waals surface area contributed by atoms with Crippen LogP contribution in [-0.2, 0) is 0 Å². The maximum absolute atomic E-state index is 4.09. The van der Waals surface area contributed by atoms with E-state index >= 15 is 0 Å². The lowest BCUT2D eigenvalue weighted by atomic mass is 9.90. The van der Waals surface area contributed by atoms with Gasteiger partial charge in [0.1, 0.15) is 0 Å². The van der Waals surface area contributed by atoms with Gasteiger partial charge in [-0.2, -0.15) is 0 Å². The molecule has 1 nitrogen and oxygen atoms in total. The van der Waals surface area contributed by atoms with Crippen LogP contribution >= 0.6 is 0 Å². The van der Waals surface area contributed by atoms with E-state index in [1.807, 2.05) is 6.92 Å². The molecule has 138 valence electrons. The molecule has 0 aliphatic heterocycles. The molecule has 1 heteroatoms. The number of nitrogens with zero attached hydrogens (tertiary/aromatic N) is 1. The minimum Gasteiger partial charge on any atom is -0.269 e. The minimum absolute atomic E-state index is 0.964. The molecular formula is C25H33N. The van der Waals surface area contributed by atoms with Crippen LogP contribution in [0.3, 0.4) is 0 Å². The molecule has 0 spiro atoms. The largest absolute Gasteiger partial charge is 0.269 e. The molecular weight excluding hydrogens is 314 g/mol. The Labute approximate surface area is 159 Å². The molecule has 0 unspecified atom stereocenters. The summed E-state index contributed by atoms with van der Waals surface area (Å²) in [5.41, 5.74) is 7.70. The van der Waals surface area contributed by atoms with E-state index in [4.69, 9.17) is 0 Å². The van der Waals surface area contributed by atoms with Crippen molar-refractivity contribution in [2.45, 2.75) is 65.7 Å². The molecule has 0 atom stereocenters. The van der Waals surface area contributed by atoms with Gasteiger partial charge in [-0.1, -0.05) is 62.6 Å². The van der Waals surface area contributed by atoms with Crippen molar-refractivity contribution in [3.05, 3.63) is 71.0 Å². The van der Waals surface area contributed by atoms with Crippen LogP contribution in [-0.4, -0.2) is 6.72 Å². The molecule has 1 aromatic carbocycles. The Bertz CT molecular complexity index is 728. The first-order valence-electron chi connectivity index (χ1n) is 9.98. The zero-order chi connectivity index (χ0) is 18.8. The van der Waals surface area contributed by atoms with Crippen LogP contribution in [0.1, 0.15) is 76.8 Å². The Morgan fingerprint density at radius 3 is 2.81 bits per heavy atom. The van der Waals surface area contributed by atoms with Gasteiger partial charge in [-0.3, -0.25) is 4.99 Å². The standard InChI is InChI=1S/C25H33N/c1-5-6-7-8-9-14-22(18-21(3)26-4)23-15-12-16-24(19-23)25-17-11-10-13-20(25)2/h10,12-16,18-19H,4-9,11,17H2,1-3H3/b21-18-,22-14+. The summed E-state index contributed by atoms with van der Waals surface area (Å²) >= 11 is 0. The summed E-state index contributed by atoms with van der Waals surface area (Å²) in [6, 6.07) is 8.97. The van der Waals surface area contributed by atoms with Crippen molar-refractivity contribution in [3.8, 4) is 0 Å². The highest BCUT2D eigenvalue weighted by molar-refractivity contribution is 5.79. The van der Waals surface area contributed by atoms with E-state index in [2.05, 4.69) is 74.1 Å². The van der Waals surface area contributed by atoms with Gasteiger partial charge in [-0.15, -0.1) is 0 Å². The highest BCUT2D eigenvalue weighted by Crippen LogP contribution is 2.30. The predicted molar refractivity (Wildman–Crippen MR) is 117 cm³/mol. The normalized spacial score (nSPS) is 15.5. The van der Waals surface area contributed by atoms with Crippen molar-refractivity contribution < 1.29 is 0 Å². The fourth-order valence-electron chi connectivity index (χ4n) is 3.40. The lowest BCUT2D eigenvalue weighted by molar-refractivity contribution is 0.675. The van der Waals surface area contributed by atoms with Gasteiger partial charge >= 0.3 is 0 Å². The van der Waals surface area contributed by atoms with E-state index < -0.39 is 0 Å². The SMILES string of the molecule is C=N/C(C)=C\C(=C/CCCCCC)c1cccc(C2=C(C)C=CCC2)c1. The van der Waals surface area contributed by atoms with Crippen molar-refractivity contribution in [1.29, 1.82) is 0 Å². The topological polar surface area (TPSA) is 12.4 Å². The van der Waals surface area contributed by atoms with Gasteiger partial charge < -0.3 is 0 Å². The molecule has 26 heavy (non-hydrogen) atoms. The molecule has 1 aliphatic rings. The third kappa shape index (κ3) is 5.98. The molecule has 1 aliphatic carbocycles. The average Bonchev–Trinajstić information content (AvgIpc) is 2.67. The molecule has 0 amide bonds. The summed E-state index contributed by atoms with van der Waals surface area (Å²) in [7, 11) is 0. The van der Waals surface area contributed by atoms with Gasteiger partial charge in [-0.25, -0.2) is 0 Å². The van der Waals surface area contributed by atoms with Crippen LogP contribution < -0.4 is 0 Å². The van der Waals surface area contributed by atoms with Gasteiger partial charge in [0.05, 0.1) is 0 Å². The summed E-state index contributed by atoms with van der Waals surface area (Å²) in [6.45, 7) is 10.2. The van der Waals surface area contributed by atoms with Crippen molar-refractivity contribution >= 4 is 17.9 Å². The predicted octanol–water partition coefficient (Wildman–Crippen LogP) is 7.77. The Balaban J connectivity index is 2.29. The Morgan fingerprint density at radius 2 is 2.08 bits per heavy atom. The maximum Gasteiger partial charge on any atom is 0.0371 e. The molecule has 2 rings (SSSR count). The average molecular weight is 348 g/mol. The Kier molecular flexibility index (Phi) is 8.34. The first-order chi connectivity index (χ1) is 12.7. The molecule has 0 N–H and O–H groups in total. The summed E-state index contributed by atoms with van der Waals surface area (Å²) in [4.78, 5) is 4.09. The summed E-state index contributed by atoms with van der Waals surface area (Å²) < 4.78 is 0. The monoisotopic (exact) mass is 347 g/mol. The van der Waals surface area contributed by atoms with E-state index in [9.17, 15) is 0 Å². The molecule has 0 saturated heterocycles. The van der Waals surface area contributed by atoms with Gasteiger partial charge in [0.2, 0.25) is 0 Å². The highest BCUT2D eigenvalue weighted by Gasteiger charge is 2.09. The van der Waals surface area contributed by atoms with E-state index in [-0.39, 0.29) is 0 Å². The van der Waals surface area contributed by atoms with Crippen molar-refractivity contribution in [2.24, 2.45) is 4.99 Å². The van der Waals surface area contributed by atoms with Crippen LogP contribution in [0.2, 0.25) is 0 Å². The summed E-state index contributed by atoms with van der Waals surface area (Å²) in [6.07, 6.45) is 17.6. The molecule has 0 aromatic heterocycles. The number of hydrogen-bond acceptors (Lipinski definition) is 1. The van der Waals surface area contributed by atoms with Gasteiger partial charge in [0.15, 0.2) is 0 Å². The van der Waals surface area contributed by atoms with Crippen LogP contribution in [0.5, 0.6) is 0 Å². The molecule has 0 fully saturated rings. The number of aliphatic imine (C=N–C) groups is 1. The quantitative estimate of drug-likeness (QED) is 0.246. The van der Waals surface area contributed by atoms with Gasteiger partial charge in [0, 0.05) is 5.70 Å². The first kappa shape index (κ1) is 20.2. The summed E-state index contributed by atoms with van der Waals surface area (Å²) in [5, 5.41) is 0. The van der Waals surface area contributed by atoms with Crippen molar-refractivity contribution in [2.75, 3.05) is 0 Å². The third-order valence-corrected chi connectivity index (χ3v) is 4.98. The number of hydrogen-bond donors (Lipinski definition) is 0. The lowest BCUT2D eigenvalue weighted by Crippen LogP contribution is -1.94. The van der Waals surface area contributed by atoms with E-state index in [0.29, 0.717) is 0 Å². The zero-order valence-electron chi connectivity index (χ0n) is 16.7. The second kappa shape index (κ2) is 10.8. The lowest BCUT2D eigenvalue weighted by Gasteiger charge is -2.15. The Hall–Kier alpha value is -2.15. The molecule has 1 aromatic rings. The third-order valence-electron chi connectivity index (χ3n) is 4.98. The van der Waals surface area contributed by atoms with E-state index in [1.165, 1.54) is 53.5 Å². The van der Waals surface area contributed by atoms with E-state index in [0.717, 1.165) is 25.0 Å². The molecule has 0 bridgehead atoms. The Morgan fingerprint density at radius 1 is 1.23 bits per heavy atom. The molecule has 0 saturated carbocycles. The van der Waals surface area contributed by atoms with Gasteiger partial charge in [0.25, 0.3) is 0 Å². The second-order valence-electron chi connectivity index (χ2n) is 7.14.